The van der Waals surface area contributed by atoms with Gasteiger partial charge in [0.2, 0.25) is 0 Å². The molecule has 2 N–H and O–H groups in total. The van der Waals surface area contributed by atoms with Crippen LogP contribution in [0.1, 0.15) is 37.9 Å². The maximum Gasteiger partial charge on any atom is 0.343 e. The molecule has 0 aromatic carbocycles. The predicted molar refractivity (Wildman–Crippen MR) is 58.0 cm³/mol. The van der Waals surface area contributed by atoms with Crippen molar-refractivity contribution in [1.29, 1.82) is 0 Å². The summed E-state index contributed by atoms with van der Waals surface area (Å²) in [4.78, 5) is 11.5. The van der Waals surface area contributed by atoms with E-state index in [0.717, 1.165) is 44.7 Å². The van der Waals surface area contributed by atoms with Gasteiger partial charge >= 0.3 is 5.69 Å². The molecule has 0 aliphatic carbocycles. The van der Waals surface area contributed by atoms with Crippen molar-refractivity contribution in [2.45, 2.75) is 38.6 Å². The van der Waals surface area contributed by atoms with Gasteiger partial charge in [-0.25, -0.2) is 9.89 Å². The van der Waals surface area contributed by atoms with Crippen molar-refractivity contribution in [3.05, 3.63) is 16.3 Å². The van der Waals surface area contributed by atoms with E-state index in [1.807, 2.05) is 0 Å². The van der Waals surface area contributed by atoms with E-state index in [2.05, 4.69) is 22.4 Å². The average molecular weight is 210 g/mol. The SMILES string of the molecule is CCCn1c(C2CCNCC2)n[nH]c1=O. The van der Waals surface area contributed by atoms with Crippen molar-refractivity contribution in [2.75, 3.05) is 13.1 Å². The lowest BCUT2D eigenvalue weighted by molar-refractivity contribution is 0.427. The summed E-state index contributed by atoms with van der Waals surface area (Å²) in [6.45, 7) is 4.90. The molecule has 1 aliphatic heterocycles. The Morgan fingerprint density at radius 3 is 2.87 bits per heavy atom. The van der Waals surface area contributed by atoms with Gasteiger partial charge in [0, 0.05) is 12.5 Å². The molecule has 1 aliphatic rings. The normalized spacial score (nSPS) is 18.2. The first kappa shape index (κ1) is 10.4. The van der Waals surface area contributed by atoms with Crippen molar-refractivity contribution in [3.63, 3.8) is 0 Å². The van der Waals surface area contributed by atoms with E-state index in [1.165, 1.54) is 0 Å². The third-order valence-corrected chi connectivity index (χ3v) is 2.94. The van der Waals surface area contributed by atoms with Gasteiger partial charge in [0.1, 0.15) is 5.82 Å². The number of rotatable bonds is 3. The van der Waals surface area contributed by atoms with E-state index in [-0.39, 0.29) is 5.69 Å². The molecule has 0 amide bonds. The van der Waals surface area contributed by atoms with Crippen LogP contribution in [0.4, 0.5) is 0 Å². The molecule has 0 radical (unpaired) electrons. The second-order valence-corrected chi connectivity index (χ2v) is 4.06. The number of H-pyrrole nitrogens is 1. The van der Waals surface area contributed by atoms with Crippen molar-refractivity contribution >= 4 is 0 Å². The lowest BCUT2D eigenvalue weighted by Gasteiger charge is -2.21. The first-order chi connectivity index (χ1) is 7.33. The van der Waals surface area contributed by atoms with Crippen LogP contribution in [0.3, 0.4) is 0 Å². The minimum atomic E-state index is -0.0645. The molecular weight excluding hydrogens is 192 g/mol. The van der Waals surface area contributed by atoms with Gasteiger partial charge in [-0.15, -0.1) is 0 Å². The van der Waals surface area contributed by atoms with E-state index < -0.39 is 0 Å². The summed E-state index contributed by atoms with van der Waals surface area (Å²) in [5.74, 6) is 1.39. The number of piperidine rings is 1. The molecule has 2 heterocycles. The first-order valence-electron chi connectivity index (χ1n) is 5.68. The summed E-state index contributed by atoms with van der Waals surface area (Å²) in [5.41, 5.74) is -0.0645. The van der Waals surface area contributed by atoms with E-state index >= 15 is 0 Å². The van der Waals surface area contributed by atoms with Gasteiger partial charge in [-0.1, -0.05) is 6.92 Å². The van der Waals surface area contributed by atoms with Gasteiger partial charge in [0.15, 0.2) is 0 Å². The smallest absolute Gasteiger partial charge is 0.317 e. The molecule has 1 fully saturated rings. The number of nitrogens with one attached hydrogen (secondary N) is 2. The van der Waals surface area contributed by atoms with E-state index in [0.29, 0.717) is 5.92 Å². The summed E-state index contributed by atoms with van der Waals surface area (Å²) in [5, 5.41) is 10.0. The highest BCUT2D eigenvalue weighted by atomic mass is 16.1. The highest BCUT2D eigenvalue weighted by Crippen LogP contribution is 2.22. The predicted octanol–water partition coefficient (Wildman–Crippen LogP) is 0.448. The Hall–Kier alpha value is -1.10. The highest BCUT2D eigenvalue weighted by molar-refractivity contribution is 4.98. The minimum absolute atomic E-state index is 0.0645. The average Bonchev–Trinajstić information content (AvgIpc) is 2.63. The van der Waals surface area contributed by atoms with Gasteiger partial charge < -0.3 is 5.32 Å². The fraction of sp³-hybridized carbons (Fsp3) is 0.800. The highest BCUT2D eigenvalue weighted by Gasteiger charge is 2.21. The summed E-state index contributed by atoms with van der Waals surface area (Å²) in [7, 11) is 0. The Morgan fingerprint density at radius 2 is 2.20 bits per heavy atom. The minimum Gasteiger partial charge on any atom is -0.317 e. The molecule has 1 aromatic rings. The molecule has 1 aromatic heterocycles. The zero-order chi connectivity index (χ0) is 10.7. The topological polar surface area (TPSA) is 62.7 Å². The molecule has 0 saturated carbocycles. The first-order valence-corrected chi connectivity index (χ1v) is 5.68. The van der Waals surface area contributed by atoms with E-state index in [1.54, 1.807) is 4.57 Å². The van der Waals surface area contributed by atoms with Crippen molar-refractivity contribution < 1.29 is 0 Å². The van der Waals surface area contributed by atoms with Crippen molar-refractivity contribution in [3.8, 4) is 0 Å². The van der Waals surface area contributed by atoms with Crippen LogP contribution >= 0.6 is 0 Å². The van der Waals surface area contributed by atoms with Gasteiger partial charge in [-0.05, 0) is 32.4 Å². The fourth-order valence-electron chi connectivity index (χ4n) is 2.16. The number of aromatic nitrogens is 3. The Balaban J connectivity index is 2.22. The molecule has 84 valence electrons. The molecule has 0 bridgehead atoms. The zero-order valence-electron chi connectivity index (χ0n) is 9.12. The largest absolute Gasteiger partial charge is 0.343 e. The number of nitrogens with zero attached hydrogens (tertiary/aromatic N) is 2. The van der Waals surface area contributed by atoms with E-state index in [9.17, 15) is 4.79 Å². The van der Waals surface area contributed by atoms with Crippen LogP contribution in [0.2, 0.25) is 0 Å². The maximum atomic E-state index is 11.5. The van der Waals surface area contributed by atoms with Crippen LogP contribution in [0.5, 0.6) is 0 Å². The molecule has 5 heteroatoms. The van der Waals surface area contributed by atoms with Crippen LogP contribution in [-0.4, -0.2) is 27.9 Å². The Bertz CT molecular complexity index is 362. The second kappa shape index (κ2) is 4.61. The van der Waals surface area contributed by atoms with Crippen molar-refractivity contribution in [2.24, 2.45) is 0 Å². The molecular formula is C10H18N4O. The van der Waals surface area contributed by atoms with Crippen LogP contribution in [0, 0.1) is 0 Å². The van der Waals surface area contributed by atoms with Gasteiger partial charge in [-0.2, -0.15) is 5.10 Å². The van der Waals surface area contributed by atoms with Gasteiger partial charge in [0.25, 0.3) is 0 Å². The molecule has 15 heavy (non-hydrogen) atoms. The second-order valence-electron chi connectivity index (χ2n) is 4.06. The Morgan fingerprint density at radius 1 is 1.47 bits per heavy atom. The third-order valence-electron chi connectivity index (χ3n) is 2.94. The van der Waals surface area contributed by atoms with Crippen molar-refractivity contribution in [1.82, 2.24) is 20.1 Å². The van der Waals surface area contributed by atoms with Crippen LogP contribution < -0.4 is 11.0 Å². The number of hydrogen-bond acceptors (Lipinski definition) is 3. The fourth-order valence-corrected chi connectivity index (χ4v) is 2.16. The summed E-state index contributed by atoms with van der Waals surface area (Å²) in [6.07, 6.45) is 3.12. The monoisotopic (exact) mass is 210 g/mol. The summed E-state index contributed by atoms with van der Waals surface area (Å²) in [6, 6.07) is 0. The van der Waals surface area contributed by atoms with Crippen LogP contribution in [0.25, 0.3) is 0 Å². The molecule has 5 nitrogen and oxygen atoms in total. The lowest BCUT2D eigenvalue weighted by Crippen LogP contribution is -2.29. The quantitative estimate of drug-likeness (QED) is 0.761. The van der Waals surface area contributed by atoms with Crippen LogP contribution in [-0.2, 0) is 6.54 Å². The third kappa shape index (κ3) is 2.12. The summed E-state index contributed by atoms with van der Waals surface area (Å²) >= 11 is 0. The lowest BCUT2D eigenvalue weighted by atomic mass is 9.97. The van der Waals surface area contributed by atoms with E-state index in [4.69, 9.17) is 0 Å². The van der Waals surface area contributed by atoms with Gasteiger partial charge in [-0.3, -0.25) is 4.57 Å². The maximum absolute atomic E-state index is 11.5. The molecule has 0 atom stereocenters. The summed E-state index contributed by atoms with van der Waals surface area (Å²) < 4.78 is 1.79. The number of aromatic amines is 1. The molecule has 0 unspecified atom stereocenters. The zero-order valence-corrected chi connectivity index (χ0v) is 9.12. The molecule has 0 spiro atoms. The van der Waals surface area contributed by atoms with Crippen LogP contribution in [0.15, 0.2) is 4.79 Å². The Labute approximate surface area is 88.9 Å². The molecule has 1 saturated heterocycles. The standard InChI is InChI=1S/C10H18N4O/c1-2-7-14-9(12-13-10(14)15)8-3-5-11-6-4-8/h8,11H,2-7H2,1H3,(H,13,15). The number of hydrogen-bond donors (Lipinski definition) is 2. The molecule has 2 rings (SSSR count). The Kier molecular flexibility index (Phi) is 3.20. The van der Waals surface area contributed by atoms with Gasteiger partial charge in [0.05, 0.1) is 0 Å².